The fourth-order valence-electron chi connectivity index (χ4n) is 1.09. The minimum absolute atomic E-state index is 0.161. The van der Waals surface area contributed by atoms with E-state index in [1.807, 2.05) is 6.07 Å². The lowest BCUT2D eigenvalue weighted by atomic mass is 10.0. The van der Waals surface area contributed by atoms with E-state index in [1.165, 1.54) is 0 Å². The predicted molar refractivity (Wildman–Crippen MR) is 57.1 cm³/mol. The highest BCUT2D eigenvalue weighted by atomic mass is 16.5. The Kier molecular flexibility index (Phi) is 3.80. The number of hydrogen-bond acceptors (Lipinski definition) is 3. The third-order valence-electron chi connectivity index (χ3n) is 1.86. The van der Waals surface area contributed by atoms with Crippen LogP contribution in [-0.4, -0.2) is 18.4 Å². The van der Waals surface area contributed by atoms with Crippen LogP contribution in [0.5, 0.6) is 0 Å². The summed E-state index contributed by atoms with van der Waals surface area (Å²) in [5.41, 5.74) is 0.796. The summed E-state index contributed by atoms with van der Waals surface area (Å²) in [4.78, 5) is 22.6. The minimum Gasteiger partial charge on any atom is -0.460 e. The molecule has 3 heteroatoms. The molecule has 3 nitrogen and oxygen atoms in total. The molecule has 0 bridgehead atoms. The number of hydrogen-bond donors (Lipinski definition) is 0. The molecule has 0 aromatic heterocycles. The van der Waals surface area contributed by atoms with E-state index in [0.29, 0.717) is 5.56 Å². The Morgan fingerprint density at radius 1 is 1.27 bits per heavy atom. The Hall–Kier alpha value is -1.90. The summed E-state index contributed by atoms with van der Waals surface area (Å²) in [5, 5.41) is 0. The summed E-state index contributed by atoms with van der Waals surface area (Å²) in [7, 11) is 0. The molecule has 1 aromatic rings. The van der Waals surface area contributed by atoms with Gasteiger partial charge in [0.05, 0.1) is 6.61 Å². The summed E-state index contributed by atoms with van der Waals surface area (Å²) in [6, 6.07) is 8.82. The molecule has 1 rings (SSSR count). The molecule has 0 saturated carbocycles. The molecule has 0 fully saturated rings. The van der Waals surface area contributed by atoms with Gasteiger partial charge in [-0.15, -0.1) is 0 Å². The fourth-order valence-corrected chi connectivity index (χ4v) is 1.09. The molecule has 0 aliphatic carbocycles. The van der Waals surface area contributed by atoms with E-state index in [-0.39, 0.29) is 12.2 Å². The minimum atomic E-state index is -0.855. The first kappa shape index (κ1) is 11.2. The largest absolute Gasteiger partial charge is 0.460 e. The molecule has 0 radical (unpaired) electrons. The number of carbonyl (C=O) groups excluding carboxylic acids is 2. The van der Waals surface area contributed by atoms with Crippen LogP contribution in [0.2, 0.25) is 0 Å². The molecule has 0 aliphatic rings. The zero-order valence-electron chi connectivity index (χ0n) is 8.53. The number of carbonyl (C=O) groups is 2. The Labute approximate surface area is 88.4 Å². The van der Waals surface area contributed by atoms with Crippen molar-refractivity contribution in [3.8, 4) is 0 Å². The molecule has 78 valence electrons. The summed E-state index contributed by atoms with van der Waals surface area (Å²) in [6.07, 6.45) is 0. The Morgan fingerprint density at radius 2 is 1.87 bits per heavy atom. The standard InChI is InChI=1S/C12H12O3/c1-3-15-12(14)11(13)9(2)10-7-5-4-6-8-10/h4-8H,2-3H2,1H3. The van der Waals surface area contributed by atoms with Crippen molar-refractivity contribution in [2.24, 2.45) is 0 Å². The quantitative estimate of drug-likeness (QED) is 0.427. The van der Waals surface area contributed by atoms with Gasteiger partial charge in [-0.25, -0.2) is 4.79 Å². The molecule has 0 spiro atoms. The maximum absolute atomic E-state index is 11.5. The molecule has 0 atom stereocenters. The second kappa shape index (κ2) is 5.10. The van der Waals surface area contributed by atoms with Crippen molar-refractivity contribution in [1.29, 1.82) is 0 Å². The molecule has 0 amide bonds. The van der Waals surface area contributed by atoms with Gasteiger partial charge in [0.2, 0.25) is 0 Å². The van der Waals surface area contributed by atoms with Crippen LogP contribution < -0.4 is 0 Å². The molecule has 0 heterocycles. The second-order valence-electron chi connectivity index (χ2n) is 2.89. The molecular weight excluding hydrogens is 192 g/mol. The number of esters is 1. The van der Waals surface area contributed by atoms with Gasteiger partial charge < -0.3 is 4.74 Å². The first-order chi connectivity index (χ1) is 7.16. The maximum Gasteiger partial charge on any atom is 0.379 e. The fraction of sp³-hybridized carbons (Fsp3) is 0.167. The molecule has 1 aromatic carbocycles. The van der Waals surface area contributed by atoms with Crippen molar-refractivity contribution in [3.63, 3.8) is 0 Å². The lowest BCUT2D eigenvalue weighted by Gasteiger charge is -2.03. The first-order valence-electron chi connectivity index (χ1n) is 4.62. The van der Waals surface area contributed by atoms with Crippen LogP contribution in [0.3, 0.4) is 0 Å². The van der Waals surface area contributed by atoms with Gasteiger partial charge >= 0.3 is 5.97 Å². The summed E-state index contributed by atoms with van der Waals surface area (Å²) in [6.45, 7) is 5.41. The Morgan fingerprint density at radius 3 is 2.40 bits per heavy atom. The number of rotatable bonds is 4. The van der Waals surface area contributed by atoms with Crippen LogP contribution in [0.4, 0.5) is 0 Å². The average molecular weight is 204 g/mol. The van der Waals surface area contributed by atoms with Crippen LogP contribution in [0.25, 0.3) is 5.57 Å². The lowest BCUT2D eigenvalue weighted by molar-refractivity contribution is -0.150. The highest BCUT2D eigenvalue weighted by Crippen LogP contribution is 2.13. The van der Waals surface area contributed by atoms with E-state index in [9.17, 15) is 9.59 Å². The van der Waals surface area contributed by atoms with Crippen molar-refractivity contribution >= 4 is 17.3 Å². The number of Topliss-reactive ketones (excluding diaryl/α,β-unsaturated/α-hetero) is 1. The number of ether oxygens (including phenoxy) is 1. The Balaban J connectivity index is 2.78. The normalized spacial score (nSPS) is 9.40. The van der Waals surface area contributed by atoms with Crippen LogP contribution in [-0.2, 0) is 14.3 Å². The van der Waals surface area contributed by atoms with E-state index in [1.54, 1.807) is 31.2 Å². The second-order valence-corrected chi connectivity index (χ2v) is 2.89. The van der Waals surface area contributed by atoms with Gasteiger partial charge in [-0.2, -0.15) is 0 Å². The average Bonchev–Trinajstić information content (AvgIpc) is 2.28. The van der Waals surface area contributed by atoms with Crippen molar-refractivity contribution in [3.05, 3.63) is 42.5 Å². The van der Waals surface area contributed by atoms with E-state index < -0.39 is 11.8 Å². The Bertz CT molecular complexity index is 379. The molecule has 0 unspecified atom stereocenters. The number of ketones is 1. The zero-order valence-corrected chi connectivity index (χ0v) is 8.53. The third kappa shape index (κ3) is 2.77. The van der Waals surface area contributed by atoms with E-state index in [4.69, 9.17) is 0 Å². The molecule has 0 saturated heterocycles. The van der Waals surface area contributed by atoms with Gasteiger partial charge in [-0.05, 0) is 12.5 Å². The van der Waals surface area contributed by atoms with Crippen LogP contribution in [0.1, 0.15) is 12.5 Å². The topological polar surface area (TPSA) is 43.4 Å². The van der Waals surface area contributed by atoms with Gasteiger partial charge in [0, 0.05) is 5.57 Å². The van der Waals surface area contributed by atoms with Gasteiger partial charge in [-0.1, -0.05) is 36.9 Å². The SMILES string of the molecule is C=C(C(=O)C(=O)OCC)c1ccccc1. The van der Waals surface area contributed by atoms with Gasteiger partial charge in [0.15, 0.2) is 0 Å². The number of benzene rings is 1. The smallest absolute Gasteiger partial charge is 0.379 e. The highest BCUT2D eigenvalue weighted by Gasteiger charge is 2.19. The highest BCUT2D eigenvalue weighted by molar-refractivity contribution is 6.51. The van der Waals surface area contributed by atoms with Crippen molar-refractivity contribution < 1.29 is 14.3 Å². The van der Waals surface area contributed by atoms with E-state index >= 15 is 0 Å². The summed E-state index contributed by atoms with van der Waals surface area (Å²) >= 11 is 0. The van der Waals surface area contributed by atoms with Crippen LogP contribution in [0, 0.1) is 0 Å². The van der Waals surface area contributed by atoms with Gasteiger partial charge in [0.25, 0.3) is 5.78 Å². The molecule has 0 aliphatic heterocycles. The van der Waals surface area contributed by atoms with Crippen LogP contribution in [0.15, 0.2) is 36.9 Å². The van der Waals surface area contributed by atoms with E-state index in [0.717, 1.165) is 0 Å². The molecular formula is C12H12O3. The third-order valence-corrected chi connectivity index (χ3v) is 1.86. The summed E-state index contributed by atoms with van der Waals surface area (Å²) < 4.78 is 4.60. The zero-order chi connectivity index (χ0) is 11.3. The van der Waals surface area contributed by atoms with Crippen molar-refractivity contribution in [1.82, 2.24) is 0 Å². The monoisotopic (exact) mass is 204 g/mol. The van der Waals surface area contributed by atoms with Crippen molar-refractivity contribution in [2.75, 3.05) is 6.61 Å². The van der Waals surface area contributed by atoms with Crippen LogP contribution >= 0.6 is 0 Å². The maximum atomic E-state index is 11.5. The van der Waals surface area contributed by atoms with Gasteiger partial charge in [-0.3, -0.25) is 4.79 Å². The molecule has 15 heavy (non-hydrogen) atoms. The first-order valence-corrected chi connectivity index (χ1v) is 4.62. The van der Waals surface area contributed by atoms with Gasteiger partial charge in [0.1, 0.15) is 0 Å². The van der Waals surface area contributed by atoms with Crippen molar-refractivity contribution in [2.45, 2.75) is 6.92 Å². The summed E-state index contributed by atoms with van der Waals surface area (Å²) in [5.74, 6) is -1.55. The lowest BCUT2D eigenvalue weighted by Crippen LogP contribution is -2.18. The van der Waals surface area contributed by atoms with E-state index in [2.05, 4.69) is 11.3 Å². The predicted octanol–water partition coefficient (Wildman–Crippen LogP) is 1.83. The molecule has 0 N–H and O–H groups in total.